The molecule has 0 radical (unpaired) electrons. The Morgan fingerprint density at radius 1 is 0.930 bits per heavy atom. The standard InChI is InChI=1S/C34H30ClF2NO5/c1-34(17-25-6-12-29(35)30(37)15-25)18-26-14-24(7-13-31(26)43-34)16-32(39)38(20-33(40)41)19-22-4-10-28(11-5-22)42-21-23-2-8-27(36)9-3-23/h2-15H,16-21H2,1H3,(H,40,41)/t34-/m1/s1. The van der Waals surface area contributed by atoms with Crippen molar-refractivity contribution in [3.63, 3.8) is 0 Å². The average Bonchev–Trinajstić information content (AvgIpc) is 3.29. The first kappa shape index (κ1) is 30.0. The van der Waals surface area contributed by atoms with E-state index in [0.717, 1.165) is 27.8 Å². The Hall–Kier alpha value is -4.43. The normalized spacial score (nSPS) is 15.4. The fourth-order valence-electron chi connectivity index (χ4n) is 5.21. The molecular weight excluding hydrogens is 576 g/mol. The number of hydrogen-bond acceptors (Lipinski definition) is 4. The van der Waals surface area contributed by atoms with Gasteiger partial charge in [-0.05, 0) is 77.2 Å². The summed E-state index contributed by atoms with van der Waals surface area (Å²) in [6, 6.07) is 23.3. The SMILES string of the molecule is C[C@@]1(Cc2ccc(Cl)c(F)c2)Cc2cc(CC(=O)N(CC(=O)O)Cc3ccc(OCc4ccc(F)cc4)cc3)ccc2O1. The average molecular weight is 606 g/mol. The van der Waals surface area contributed by atoms with Crippen molar-refractivity contribution in [3.05, 3.63) is 129 Å². The van der Waals surface area contributed by atoms with Crippen LogP contribution in [0.2, 0.25) is 5.02 Å². The topological polar surface area (TPSA) is 76.1 Å². The Labute approximate surface area is 253 Å². The Morgan fingerprint density at radius 3 is 2.30 bits per heavy atom. The number of aliphatic carboxylic acids is 1. The first-order valence-corrected chi connectivity index (χ1v) is 14.1. The Bertz CT molecular complexity index is 1630. The Kier molecular flexibility index (Phi) is 8.97. The number of carboxylic acid groups (broad SMARTS) is 1. The summed E-state index contributed by atoms with van der Waals surface area (Å²) in [5.41, 5.74) is 3.43. The van der Waals surface area contributed by atoms with Gasteiger partial charge in [0, 0.05) is 19.4 Å². The van der Waals surface area contributed by atoms with Crippen LogP contribution in [-0.2, 0) is 42.0 Å². The molecular formula is C34H30ClF2NO5. The molecule has 4 aromatic rings. The number of carboxylic acids is 1. The van der Waals surface area contributed by atoms with Crippen LogP contribution in [0, 0.1) is 11.6 Å². The van der Waals surface area contributed by atoms with Gasteiger partial charge < -0.3 is 19.5 Å². The van der Waals surface area contributed by atoms with Gasteiger partial charge in [-0.25, -0.2) is 8.78 Å². The highest BCUT2D eigenvalue weighted by atomic mass is 35.5. The number of carbonyl (C=O) groups excluding carboxylic acids is 1. The van der Waals surface area contributed by atoms with Gasteiger partial charge in [0.2, 0.25) is 5.91 Å². The maximum Gasteiger partial charge on any atom is 0.323 e. The summed E-state index contributed by atoms with van der Waals surface area (Å²) in [6.07, 6.45) is 1.08. The quantitative estimate of drug-likeness (QED) is 0.204. The van der Waals surface area contributed by atoms with Crippen molar-refractivity contribution >= 4 is 23.5 Å². The number of rotatable bonds is 11. The largest absolute Gasteiger partial charge is 0.489 e. The second-order valence-electron chi connectivity index (χ2n) is 11.0. The van der Waals surface area contributed by atoms with Crippen molar-refractivity contribution in [2.24, 2.45) is 0 Å². The van der Waals surface area contributed by atoms with Gasteiger partial charge in [0.05, 0.1) is 11.4 Å². The number of amides is 1. The zero-order chi connectivity index (χ0) is 30.6. The third-order valence-electron chi connectivity index (χ3n) is 7.26. The van der Waals surface area contributed by atoms with Gasteiger partial charge in [-0.2, -0.15) is 0 Å². The molecule has 1 N–H and O–H groups in total. The number of nitrogens with zero attached hydrogens (tertiary/aromatic N) is 1. The summed E-state index contributed by atoms with van der Waals surface area (Å²) in [5, 5.41) is 9.54. The lowest BCUT2D eigenvalue weighted by molar-refractivity contribution is -0.144. The van der Waals surface area contributed by atoms with E-state index in [1.54, 1.807) is 48.5 Å². The molecule has 0 fully saturated rings. The lowest BCUT2D eigenvalue weighted by Crippen LogP contribution is -2.36. The van der Waals surface area contributed by atoms with Crippen molar-refractivity contribution in [2.75, 3.05) is 6.54 Å². The molecule has 9 heteroatoms. The highest BCUT2D eigenvalue weighted by molar-refractivity contribution is 6.30. The predicted molar refractivity (Wildman–Crippen MR) is 158 cm³/mol. The minimum atomic E-state index is -1.11. The molecule has 1 amide bonds. The maximum absolute atomic E-state index is 14.0. The van der Waals surface area contributed by atoms with Crippen LogP contribution in [-0.4, -0.2) is 34.0 Å². The van der Waals surface area contributed by atoms with Crippen LogP contribution in [0.25, 0.3) is 0 Å². The van der Waals surface area contributed by atoms with Gasteiger partial charge in [0.1, 0.15) is 41.9 Å². The number of hydrogen-bond donors (Lipinski definition) is 1. The van der Waals surface area contributed by atoms with Crippen LogP contribution < -0.4 is 9.47 Å². The Morgan fingerprint density at radius 2 is 1.60 bits per heavy atom. The van der Waals surface area contributed by atoms with Crippen molar-refractivity contribution in [3.8, 4) is 11.5 Å². The van der Waals surface area contributed by atoms with Gasteiger partial charge in [-0.3, -0.25) is 9.59 Å². The highest BCUT2D eigenvalue weighted by Gasteiger charge is 2.35. The van der Waals surface area contributed by atoms with Crippen LogP contribution in [0.3, 0.4) is 0 Å². The molecule has 1 heterocycles. The number of ether oxygens (including phenoxy) is 2. The summed E-state index contributed by atoms with van der Waals surface area (Å²) in [7, 11) is 0. The number of carbonyl (C=O) groups is 2. The minimum absolute atomic E-state index is 0.0263. The molecule has 0 saturated carbocycles. The minimum Gasteiger partial charge on any atom is -0.489 e. The summed E-state index contributed by atoms with van der Waals surface area (Å²) < 4.78 is 39.0. The summed E-state index contributed by atoms with van der Waals surface area (Å²) in [6.45, 7) is 1.91. The monoisotopic (exact) mass is 605 g/mol. The van der Waals surface area contributed by atoms with E-state index in [2.05, 4.69) is 0 Å². The zero-order valence-electron chi connectivity index (χ0n) is 23.5. The van der Waals surface area contributed by atoms with Crippen molar-refractivity contribution in [2.45, 2.75) is 44.9 Å². The lowest BCUT2D eigenvalue weighted by atomic mass is 9.91. The molecule has 1 atom stereocenters. The van der Waals surface area contributed by atoms with E-state index in [1.165, 1.54) is 29.2 Å². The van der Waals surface area contributed by atoms with Crippen LogP contribution in [0.1, 0.15) is 34.7 Å². The fraction of sp³-hybridized carbons (Fsp3) is 0.235. The number of halogens is 3. The van der Waals surface area contributed by atoms with Gasteiger partial charge in [-0.15, -0.1) is 0 Å². The molecule has 222 valence electrons. The van der Waals surface area contributed by atoms with Gasteiger partial charge in [-0.1, -0.05) is 54.1 Å². The van der Waals surface area contributed by atoms with E-state index < -0.39 is 23.9 Å². The van der Waals surface area contributed by atoms with E-state index in [9.17, 15) is 23.5 Å². The number of benzene rings is 4. The van der Waals surface area contributed by atoms with E-state index >= 15 is 0 Å². The van der Waals surface area contributed by atoms with Crippen molar-refractivity contribution < 1.29 is 33.0 Å². The summed E-state index contributed by atoms with van der Waals surface area (Å²) >= 11 is 5.82. The Balaban J connectivity index is 1.20. The summed E-state index contributed by atoms with van der Waals surface area (Å²) in [5.74, 6) is -0.918. The first-order chi connectivity index (χ1) is 20.5. The van der Waals surface area contributed by atoms with Crippen molar-refractivity contribution in [1.29, 1.82) is 0 Å². The first-order valence-electron chi connectivity index (χ1n) is 13.8. The molecule has 5 rings (SSSR count). The van der Waals surface area contributed by atoms with E-state index in [1.807, 2.05) is 19.1 Å². The molecule has 1 aliphatic heterocycles. The molecule has 0 saturated heterocycles. The number of fused-ring (bicyclic) bond motifs is 1. The fourth-order valence-corrected chi connectivity index (χ4v) is 5.32. The van der Waals surface area contributed by atoms with Crippen LogP contribution in [0.5, 0.6) is 11.5 Å². The third-order valence-corrected chi connectivity index (χ3v) is 7.56. The van der Waals surface area contributed by atoms with E-state index in [-0.39, 0.29) is 36.3 Å². The maximum atomic E-state index is 14.0. The van der Waals surface area contributed by atoms with Crippen LogP contribution >= 0.6 is 11.6 Å². The third kappa shape index (κ3) is 7.90. The lowest BCUT2D eigenvalue weighted by Gasteiger charge is -2.24. The summed E-state index contributed by atoms with van der Waals surface area (Å²) in [4.78, 5) is 26.2. The molecule has 6 nitrogen and oxygen atoms in total. The van der Waals surface area contributed by atoms with Crippen molar-refractivity contribution in [1.82, 2.24) is 4.90 Å². The molecule has 0 spiro atoms. The van der Waals surface area contributed by atoms with Gasteiger partial charge in [0.25, 0.3) is 0 Å². The van der Waals surface area contributed by atoms with E-state index in [4.69, 9.17) is 21.1 Å². The smallest absolute Gasteiger partial charge is 0.323 e. The predicted octanol–water partition coefficient (Wildman–Crippen LogP) is 6.79. The second-order valence-corrected chi connectivity index (χ2v) is 11.4. The molecule has 0 aromatic heterocycles. The molecule has 4 aromatic carbocycles. The van der Waals surface area contributed by atoms with Gasteiger partial charge >= 0.3 is 5.97 Å². The van der Waals surface area contributed by atoms with Crippen LogP contribution in [0.15, 0.2) is 84.9 Å². The molecule has 43 heavy (non-hydrogen) atoms. The molecule has 1 aliphatic rings. The van der Waals surface area contributed by atoms with Crippen LogP contribution in [0.4, 0.5) is 8.78 Å². The second kappa shape index (κ2) is 12.8. The molecule has 0 bridgehead atoms. The highest BCUT2D eigenvalue weighted by Crippen LogP contribution is 2.38. The van der Waals surface area contributed by atoms with E-state index in [0.29, 0.717) is 24.3 Å². The molecule has 0 unspecified atom stereocenters. The zero-order valence-corrected chi connectivity index (χ0v) is 24.2. The van der Waals surface area contributed by atoms with Gasteiger partial charge in [0.15, 0.2) is 0 Å². The molecule has 0 aliphatic carbocycles.